The van der Waals surface area contributed by atoms with Crippen molar-refractivity contribution in [2.24, 2.45) is 11.5 Å². The molecule has 16 heteroatoms. The van der Waals surface area contributed by atoms with Gasteiger partial charge in [0.15, 0.2) is 5.96 Å². The topological polar surface area (TPSA) is 270 Å². The number of carboxylic acids is 1. The first-order valence-electron chi connectivity index (χ1n) is 12.2. The molecule has 0 unspecified atom stereocenters. The highest BCUT2D eigenvalue weighted by molar-refractivity contribution is 5.94. The Kier molecular flexibility index (Phi) is 14.5. The number of guanidine groups is 1. The van der Waals surface area contributed by atoms with Gasteiger partial charge in [0.2, 0.25) is 23.6 Å². The molecule has 0 aliphatic carbocycles. The number of hydrogen-bond donors (Lipinski definition) is 10. The van der Waals surface area contributed by atoms with Crippen LogP contribution < -0.4 is 38.1 Å². The Morgan fingerprint density at radius 3 is 2.24 bits per heavy atom. The second-order valence-electron chi connectivity index (χ2n) is 8.52. The van der Waals surface area contributed by atoms with Crippen LogP contribution in [0.3, 0.4) is 0 Å². The maximum atomic E-state index is 13.2. The molecule has 0 fully saturated rings. The Balaban J connectivity index is 2.95. The number of nitrogens with one attached hydrogen (secondary N) is 7. The van der Waals surface area contributed by atoms with Gasteiger partial charge in [0.1, 0.15) is 18.1 Å². The monoisotopic (exact) mass is 538 g/mol. The van der Waals surface area contributed by atoms with Crippen molar-refractivity contribution in [3.8, 4) is 0 Å². The van der Waals surface area contributed by atoms with Crippen molar-refractivity contribution in [2.75, 3.05) is 19.6 Å². The number of aliphatic carboxylic acids is 1. The van der Waals surface area contributed by atoms with Crippen molar-refractivity contribution in [1.29, 1.82) is 5.41 Å². The third kappa shape index (κ3) is 13.2. The summed E-state index contributed by atoms with van der Waals surface area (Å²) in [6.45, 7) is 1.51. The Morgan fingerprint density at radius 1 is 1.00 bits per heavy atom. The molecule has 0 aliphatic heterocycles. The van der Waals surface area contributed by atoms with Gasteiger partial charge in [-0.05, 0) is 38.6 Å². The molecule has 0 aromatic carbocycles. The van der Waals surface area contributed by atoms with E-state index in [1.165, 1.54) is 13.3 Å². The standard InChI is InChI=1S/C22H38N10O6/c1-13(33)28-11-18(34)30-17(9-14-10-26-12-29-14)20(36)31-15(5-2-3-7-23)19(35)32-16(21(37)38)6-4-8-27-22(24)25/h10,12,15-17H,2-9,11,23H2,1H3,(H,26,29)(H,28,33)(H,30,34)(H,31,36)(H,32,35)(H,37,38)(H4,24,25,27)/t15-,16-,17-/m0/s1. The van der Waals surface area contributed by atoms with Gasteiger partial charge in [-0.25, -0.2) is 9.78 Å². The van der Waals surface area contributed by atoms with Crippen LogP contribution >= 0.6 is 0 Å². The maximum absolute atomic E-state index is 13.2. The third-order valence-electron chi connectivity index (χ3n) is 5.30. The minimum absolute atomic E-state index is 0.000810. The van der Waals surface area contributed by atoms with Gasteiger partial charge < -0.3 is 48.1 Å². The second kappa shape index (κ2) is 17.3. The number of nitrogens with zero attached hydrogens (tertiary/aromatic N) is 1. The lowest BCUT2D eigenvalue weighted by atomic mass is 10.0. The van der Waals surface area contributed by atoms with Crippen LogP contribution in [0.4, 0.5) is 0 Å². The molecule has 16 nitrogen and oxygen atoms in total. The Morgan fingerprint density at radius 2 is 1.66 bits per heavy atom. The van der Waals surface area contributed by atoms with Crippen molar-refractivity contribution >= 4 is 35.6 Å². The predicted molar refractivity (Wildman–Crippen MR) is 136 cm³/mol. The summed E-state index contributed by atoms with van der Waals surface area (Å²) in [6, 6.07) is -3.46. The number of nitrogens with two attached hydrogens (primary N) is 2. The van der Waals surface area contributed by atoms with E-state index in [0.29, 0.717) is 31.5 Å². The van der Waals surface area contributed by atoms with E-state index in [1.54, 1.807) is 6.20 Å². The summed E-state index contributed by atoms with van der Waals surface area (Å²) >= 11 is 0. The van der Waals surface area contributed by atoms with Crippen LogP contribution in [0.1, 0.15) is 44.7 Å². The molecule has 1 aromatic rings. The average Bonchev–Trinajstić information content (AvgIpc) is 3.36. The SMILES string of the molecule is CC(=O)NCC(=O)N[C@@H](Cc1c[nH]cn1)C(=O)N[C@@H](CCCCN)C(=O)N[C@@H](CCCNC(=N)N)C(=O)O. The fourth-order valence-corrected chi connectivity index (χ4v) is 3.36. The van der Waals surface area contributed by atoms with E-state index in [0.717, 1.165) is 0 Å². The Hall–Kier alpha value is -4.21. The number of unbranched alkanes of at least 4 members (excludes halogenated alkanes) is 1. The number of rotatable bonds is 18. The maximum Gasteiger partial charge on any atom is 0.326 e. The highest BCUT2D eigenvalue weighted by Gasteiger charge is 2.29. The lowest BCUT2D eigenvalue weighted by Gasteiger charge is -2.24. The molecule has 38 heavy (non-hydrogen) atoms. The number of imidazole rings is 1. The van der Waals surface area contributed by atoms with E-state index in [1.807, 2.05) is 0 Å². The minimum Gasteiger partial charge on any atom is -0.480 e. The van der Waals surface area contributed by atoms with E-state index >= 15 is 0 Å². The van der Waals surface area contributed by atoms with Gasteiger partial charge in [0.25, 0.3) is 0 Å². The highest BCUT2D eigenvalue weighted by Crippen LogP contribution is 2.06. The van der Waals surface area contributed by atoms with Gasteiger partial charge in [-0.1, -0.05) is 0 Å². The van der Waals surface area contributed by atoms with Crippen LogP contribution in [0.5, 0.6) is 0 Å². The summed E-state index contributed by atoms with van der Waals surface area (Å²) in [5, 5.41) is 29.2. The molecule has 0 radical (unpaired) electrons. The first kappa shape index (κ1) is 31.8. The average molecular weight is 539 g/mol. The summed E-state index contributed by atoms with van der Waals surface area (Å²) in [5.41, 5.74) is 11.2. The van der Waals surface area contributed by atoms with Gasteiger partial charge in [0.05, 0.1) is 18.6 Å². The van der Waals surface area contributed by atoms with Crippen LogP contribution in [-0.4, -0.2) is 88.4 Å². The van der Waals surface area contributed by atoms with Crippen LogP contribution in [0.25, 0.3) is 0 Å². The number of amides is 4. The predicted octanol–water partition coefficient (Wildman–Crippen LogP) is -2.98. The third-order valence-corrected chi connectivity index (χ3v) is 5.30. The smallest absolute Gasteiger partial charge is 0.326 e. The lowest BCUT2D eigenvalue weighted by molar-refractivity contribution is -0.142. The molecule has 1 heterocycles. The molecule has 4 amide bonds. The van der Waals surface area contributed by atoms with E-state index in [-0.39, 0.29) is 38.3 Å². The first-order valence-corrected chi connectivity index (χ1v) is 12.2. The van der Waals surface area contributed by atoms with Crippen molar-refractivity contribution in [3.05, 3.63) is 18.2 Å². The van der Waals surface area contributed by atoms with Crippen LogP contribution in [0.15, 0.2) is 12.5 Å². The zero-order valence-corrected chi connectivity index (χ0v) is 21.3. The zero-order chi connectivity index (χ0) is 28.5. The molecule has 212 valence electrons. The van der Waals surface area contributed by atoms with Crippen molar-refractivity contribution in [2.45, 2.75) is 63.6 Å². The lowest BCUT2D eigenvalue weighted by Crippen LogP contribution is -2.57. The molecule has 0 spiro atoms. The van der Waals surface area contributed by atoms with Gasteiger partial charge in [-0.15, -0.1) is 0 Å². The largest absolute Gasteiger partial charge is 0.480 e. The van der Waals surface area contributed by atoms with Crippen LogP contribution in [0, 0.1) is 5.41 Å². The molecule has 0 aliphatic rings. The van der Waals surface area contributed by atoms with Crippen LogP contribution in [-0.2, 0) is 30.4 Å². The molecule has 0 saturated heterocycles. The molecule has 1 rings (SSSR count). The molecule has 12 N–H and O–H groups in total. The number of aromatic nitrogens is 2. The Bertz CT molecular complexity index is 939. The van der Waals surface area contributed by atoms with Gasteiger partial charge >= 0.3 is 5.97 Å². The number of carbonyl (C=O) groups excluding carboxylic acids is 4. The summed E-state index contributed by atoms with van der Waals surface area (Å²) in [7, 11) is 0. The zero-order valence-electron chi connectivity index (χ0n) is 21.3. The number of H-pyrrole nitrogens is 1. The Labute approximate surface area is 220 Å². The number of carbonyl (C=O) groups is 5. The summed E-state index contributed by atoms with van der Waals surface area (Å²) < 4.78 is 0. The van der Waals surface area contributed by atoms with E-state index < -0.39 is 47.7 Å². The number of aromatic amines is 1. The van der Waals surface area contributed by atoms with Gasteiger partial charge in [-0.3, -0.25) is 24.6 Å². The van der Waals surface area contributed by atoms with Gasteiger partial charge in [-0.2, -0.15) is 0 Å². The number of hydrogen-bond acceptors (Lipinski definition) is 8. The normalized spacial score (nSPS) is 12.9. The van der Waals surface area contributed by atoms with E-state index in [4.69, 9.17) is 16.9 Å². The summed E-state index contributed by atoms with van der Waals surface area (Å²) in [6.07, 6.45) is 4.56. The van der Waals surface area contributed by atoms with Crippen LogP contribution in [0.2, 0.25) is 0 Å². The highest BCUT2D eigenvalue weighted by atomic mass is 16.4. The summed E-state index contributed by atoms with van der Waals surface area (Å²) in [5.74, 6) is -3.94. The second-order valence-corrected chi connectivity index (χ2v) is 8.52. The fraction of sp³-hybridized carbons (Fsp3) is 0.591. The fourth-order valence-electron chi connectivity index (χ4n) is 3.36. The molecule has 3 atom stereocenters. The summed E-state index contributed by atoms with van der Waals surface area (Å²) in [4.78, 5) is 68.1. The van der Waals surface area contributed by atoms with E-state index in [2.05, 4.69) is 36.6 Å². The van der Waals surface area contributed by atoms with Gasteiger partial charge in [0, 0.05) is 26.1 Å². The quantitative estimate of drug-likeness (QED) is 0.0514. The first-order chi connectivity index (χ1) is 18.0. The molecule has 0 bridgehead atoms. The molecule has 1 aromatic heterocycles. The van der Waals surface area contributed by atoms with Crippen molar-refractivity contribution in [1.82, 2.24) is 36.6 Å². The molecule has 0 saturated carbocycles. The van der Waals surface area contributed by atoms with E-state index in [9.17, 15) is 29.1 Å². The minimum atomic E-state index is -1.25. The molecular formula is C22H38N10O6. The number of carboxylic acid groups (broad SMARTS) is 1. The van der Waals surface area contributed by atoms with Crippen molar-refractivity contribution < 1.29 is 29.1 Å². The van der Waals surface area contributed by atoms with Crippen molar-refractivity contribution in [3.63, 3.8) is 0 Å². The molecular weight excluding hydrogens is 500 g/mol.